The van der Waals surface area contributed by atoms with Crippen LogP contribution in [0.5, 0.6) is 0 Å². The van der Waals surface area contributed by atoms with Gasteiger partial charge in [0.05, 0.1) is 0 Å². The Morgan fingerprint density at radius 1 is 1.38 bits per heavy atom. The van der Waals surface area contributed by atoms with Gasteiger partial charge in [-0.2, -0.15) is 0 Å². The average molecular weight is 398 g/mol. The number of rotatable bonds is 4. The van der Waals surface area contributed by atoms with E-state index in [0.29, 0.717) is 0 Å². The molecule has 0 bridgehead atoms. The first-order chi connectivity index (χ1) is 9.45. The van der Waals surface area contributed by atoms with Crippen molar-refractivity contribution in [3.8, 4) is 0 Å². The fourth-order valence-corrected chi connectivity index (χ4v) is 3.76. The molecule has 1 fully saturated rings. The van der Waals surface area contributed by atoms with E-state index in [0.717, 1.165) is 35.7 Å². The lowest BCUT2D eigenvalue weighted by atomic mass is 9.80. The fraction of sp³-hybridized carbons (Fsp3) is 0.600. The van der Waals surface area contributed by atoms with Gasteiger partial charge >= 0.3 is 0 Å². The molecule has 21 heavy (non-hydrogen) atoms. The molecule has 1 aromatic carbocycles. The van der Waals surface area contributed by atoms with Crippen LogP contribution in [-0.4, -0.2) is 42.8 Å². The molecular weight excluding hydrogens is 375 g/mol. The van der Waals surface area contributed by atoms with Crippen molar-refractivity contribution in [2.24, 2.45) is 5.41 Å². The van der Waals surface area contributed by atoms with Gasteiger partial charge in [0.15, 0.2) is 0 Å². The SMILES string of the molecule is CC(C)(CO)[C@H](c1ccc(Cl)cc1Br)N1CCNCC1.Cl. The second kappa shape index (κ2) is 8.14. The first kappa shape index (κ1) is 19.2. The van der Waals surface area contributed by atoms with Gasteiger partial charge in [0, 0.05) is 53.7 Å². The maximum atomic E-state index is 9.82. The van der Waals surface area contributed by atoms with Crippen molar-refractivity contribution in [3.05, 3.63) is 33.3 Å². The molecule has 0 amide bonds. The lowest BCUT2D eigenvalue weighted by molar-refractivity contribution is 0.0301. The van der Waals surface area contributed by atoms with Crippen LogP contribution in [0.3, 0.4) is 0 Å². The number of hydrogen-bond donors (Lipinski definition) is 2. The van der Waals surface area contributed by atoms with Crippen LogP contribution >= 0.6 is 39.9 Å². The maximum absolute atomic E-state index is 9.82. The number of piperazine rings is 1. The molecule has 0 aliphatic carbocycles. The molecule has 0 aromatic heterocycles. The van der Waals surface area contributed by atoms with Gasteiger partial charge in [-0.1, -0.05) is 47.4 Å². The zero-order valence-corrected chi connectivity index (χ0v) is 15.6. The summed E-state index contributed by atoms with van der Waals surface area (Å²) in [6, 6.07) is 6.08. The molecule has 1 saturated heterocycles. The molecule has 0 spiro atoms. The minimum absolute atomic E-state index is 0. The summed E-state index contributed by atoms with van der Waals surface area (Å²) in [4.78, 5) is 2.45. The summed E-state index contributed by atoms with van der Waals surface area (Å²) in [6.45, 7) is 8.33. The third-order valence-electron chi connectivity index (χ3n) is 3.92. The molecule has 0 radical (unpaired) electrons. The molecule has 0 unspecified atom stereocenters. The van der Waals surface area contributed by atoms with E-state index >= 15 is 0 Å². The minimum atomic E-state index is -0.215. The molecule has 2 N–H and O–H groups in total. The summed E-state index contributed by atoms with van der Waals surface area (Å²) in [5.41, 5.74) is 0.976. The lowest BCUT2D eigenvalue weighted by Gasteiger charge is -2.43. The number of aliphatic hydroxyl groups excluding tert-OH is 1. The summed E-state index contributed by atoms with van der Waals surface area (Å²) in [6.07, 6.45) is 0. The van der Waals surface area contributed by atoms with E-state index < -0.39 is 0 Å². The molecule has 1 heterocycles. The second-order valence-corrected chi connectivity index (χ2v) is 7.29. The highest BCUT2D eigenvalue weighted by molar-refractivity contribution is 9.10. The quantitative estimate of drug-likeness (QED) is 0.816. The van der Waals surface area contributed by atoms with Crippen molar-refractivity contribution in [1.82, 2.24) is 10.2 Å². The van der Waals surface area contributed by atoms with E-state index in [-0.39, 0.29) is 30.5 Å². The summed E-state index contributed by atoms with van der Waals surface area (Å²) < 4.78 is 1.01. The van der Waals surface area contributed by atoms with Gasteiger partial charge < -0.3 is 10.4 Å². The second-order valence-electron chi connectivity index (χ2n) is 6.00. The average Bonchev–Trinajstić information content (AvgIpc) is 2.43. The van der Waals surface area contributed by atoms with Gasteiger partial charge in [0.1, 0.15) is 0 Å². The molecule has 6 heteroatoms. The topological polar surface area (TPSA) is 35.5 Å². The first-order valence-electron chi connectivity index (χ1n) is 6.96. The van der Waals surface area contributed by atoms with Crippen molar-refractivity contribution in [1.29, 1.82) is 0 Å². The van der Waals surface area contributed by atoms with Crippen LogP contribution in [0.4, 0.5) is 0 Å². The molecule has 3 nitrogen and oxygen atoms in total. The summed E-state index contributed by atoms with van der Waals surface area (Å²) in [7, 11) is 0. The number of benzene rings is 1. The smallest absolute Gasteiger partial charge is 0.0500 e. The van der Waals surface area contributed by atoms with Gasteiger partial charge in [0.2, 0.25) is 0 Å². The van der Waals surface area contributed by atoms with Crippen LogP contribution in [0.15, 0.2) is 22.7 Å². The lowest BCUT2D eigenvalue weighted by Crippen LogP contribution is -2.49. The fourth-order valence-electron chi connectivity index (χ4n) is 2.86. The van der Waals surface area contributed by atoms with Gasteiger partial charge in [-0.05, 0) is 17.7 Å². The number of halogens is 3. The van der Waals surface area contributed by atoms with Crippen molar-refractivity contribution in [2.45, 2.75) is 19.9 Å². The third kappa shape index (κ3) is 4.57. The Bertz CT molecular complexity index is 465. The molecule has 1 aliphatic rings. The Morgan fingerprint density at radius 3 is 2.52 bits per heavy atom. The predicted octanol–water partition coefficient (Wildman–Crippen LogP) is 3.49. The molecule has 1 aliphatic heterocycles. The first-order valence-corrected chi connectivity index (χ1v) is 8.13. The van der Waals surface area contributed by atoms with Gasteiger partial charge in [-0.25, -0.2) is 0 Å². The Labute approximate surface area is 146 Å². The number of nitrogens with one attached hydrogen (secondary N) is 1. The normalized spacial score (nSPS) is 18.1. The van der Waals surface area contributed by atoms with Gasteiger partial charge in [-0.15, -0.1) is 12.4 Å². The molecule has 0 saturated carbocycles. The molecule has 1 aromatic rings. The van der Waals surface area contributed by atoms with E-state index in [1.54, 1.807) is 0 Å². The molecule has 1 atom stereocenters. The zero-order chi connectivity index (χ0) is 14.8. The Balaban J connectivity index is 0.00000220. The number of nitrogens with zero attached hydrogens (tertiary/aromatic N) is 1. The highest BCUT2D eigenvalue weighted by Crippen LogP contribution is 2.41. The standard InChI is InChI=1S/C15H22BrClN2O.ClH/c1-15(2,10-20)14(19-7-5-18-6-8-19)12-4-3-11(17)9-13(12)16;/h3-4,9,14,18,20H,5-8,10H2,1-2H3;1H/t14-;/m0./s1. The Kier molecular flexibility index (Phi) is 7.44. The Morgan fingerprint density at radius 2 is 2.00 bits per heavy atom. The predicted molar refractivity (Wildman–Crippen MR) is 94.5 cm³/mol. The highest BCUT2D eigenvalue weighted by Gasteiger charge is 2.36. The van der Waals surface area contributed by atoms with Gasteiger partial charge in [-0.3, -0.25) is 4.90 Å². The van der Waals surface area contributed by atoms with Crippen molar-refractivity contribution in [3.63, 3.8) is 0 Å². The number of hydrogen-bond acceptors (Lipinski definition) is 3. The monoisotopic (exact) mass is 396 g/mol. The van der Waals surface area contributed by atoms with Crippen LogP contribution in [0, 0.1) is 5.41 Å². The van der Waals surface area contributed by atoms with Crippen LogP contribution in [0.25, 0.3) is 0 Å². The summed E-state index contributed by atoms with van der Waals surface area (Å²) in [5.74, 6) is 0. The maximum Gasteiger partial charge on any atom is 0.0500 e. The van der Waals surface area contributed by atoms with E-state index in [1.807, 2.05) is 12.1 Å². The van der Waals surface area contributed by atoms with E-state index in [1.165, 1.54) is 5.56 Å². The molecule has 2 rings (SSSR count). The molecule has 120 valence electrons. The van der Waals surface area contributed by atoms with Crippen molar-refractivity contribution in [2.75, 3.05) is 32.8 Å². The minimum Gasteiger partial charge on any atom is -0.396 e. The number of aliphatic hydroxyl groups is 1. The summed E-state index contributed by atoms with van der Waals surface area (Å²) >= 11 is 9.68. The van der Waals surface area contributed by atoms with Crippen LogP contribution < -0.4 is 5.32 Å². The highest BCUT2D eigenvalue weighted by atomic mass is 79.9. The zero-order valence-electron chi connectivity index (χ0n) is 12.4. The largest absolute Gasteiger partial charge is 0.396 e. The van der Waals surface area contributed by atoms with E-state index in [4.69, 9.17) is 11.6 Å². The molecular formula is C15H23BrCl2N2O. The summed E-state index contributed by atoms with van der Waals surface area (Å²) in [5, 5.41) is 13.9. The van der Waals surface area contributed by atoms with Crippen molar-refractivity contribution >= 4 is 39.9 Å². The van der Waals surface area contributed by atoms with Crippen LogP contribution in [0.1, 0.15) is 25.5 Å². The van der Waals surface area contributed by atoms with Crippen LogP contribution in [0.2, 0.25) is 5.02 Å². The van der Waals surface area contributed by atoms with E-state index in [2.05, 4.69) is 46.1 Å². The van der Waals surface area contributed by atoms with Gasteiger partial charge in [0.25, 0.3) is 0 Å². The van der Waals surface area contributed by atoms with Crippen LogP contribution in [-0.2, 0) is 0 Å². The van der Waals surface area contributed by atoms with Crippen molar-refractivity contribution < 1.29 is 5.11 Å². The van der Waals surface area contributed by atoms with E-state index in [9.17, 15) is 5.11 Å². The Hall–Kier alpha value is 0.160. The third-order valence-corrected chi connectivity index (χ3v) is 4.84.